The van der Waals surface area contributed by atoms with Crippen LogP contribution in [0.1, 0.15) is 13.8 Å². The monoisotopic (exact) mass is 299 g/mol. The highest BCUT2D eigenvalue weighted by molar-refractivity contribution is 7.91. The highest BCUT2D eigenvalue weighted by Crippen LogP contribution is 2.30. The quantitative estimate of drug-likeness (QED) is 0.856. The Morgan fingerprint density at radius 2 is 2.05 bits per heavy atom. The van der Waals surface area contributed by atoms with Gasteiger partial charge in [-0.05, 0) is 19.1 Å². The summed E-state index contributed by atoms with van der Waals surface area (Å²) < 4.78 is 34.5. The minimum absolute atomic E-state index is 0.0966. The molecule has 0 saturated heterocycles. The molecule has 0 spiro atoms. The van der Waals surface area contributed by atoms with Crippen LogP contribution in [0.2, 0.25) is 0 Å². The zero-order valence-electron chi connectivity index (χ0n) is 11.8. The molecular weight excluding hydrogens is 278 g/mol. The topological polar surface area (TPSA) is 64.6 Å². The van der Waals surface area contributed by atoms with E-state index in [0.717, 1.165) is 11.5 Å². The van der Waals surface area contributed by atoms with Crippen molar-refractivity contribution in [2.45, 2.75) is 26.0 Å². The highest BCUT2D eigenvalue weighted by atomic mass is 32.2. The summed E-state index contributed by atoms with van der Waals surface area (Å²) in [4.78, 5) is 0. The number of hydrogen-bond acceptors (Lipinski definition) is 5. The van der Waals surface area contributed by atoms with E-state index in [1.165, 1.54) is 0 Å². The lowest BCUT2D eigenvalue weighted by molar-refractivity contribution is 0.0891. The number of nitrogens with one attached hydrogen (secondary N) is 1. The van der Waals surface area contributed by atoms with Crippen LogP contribution in [0.4, 0.5) is 0 Å². The summed E-state index contributed by atoms with van der Waals surface area (Å²) >= 11 is 0. The third-order valence-electron chi connectivity index (χ3n) is 3.21. The molecule has 0 aromatic heterocycles. The summed E-state index contributed by atoms with van der Waals surface area (Å²) in [5.74, 6) is 1.81. The zero-order chi connectivity index (χ0) is 14.6. The van der Waals surface area contributed by atoms with Crippen LogP contribution < -0.4 is 14.8 Å². The molecule has 1 heterocycles. The van der Waals surface area contributed by atoms with E-state index in [1.807, 2.05) is 31.2 Å². The van der Waals surface area contributed by atoms with Gasteiger partial charge in [0.1, 0.15) is 12.7 Å². The number of para-hydroxylation sites is 2. The van der Waals surface area contributed by atoms with Crippen LogP contribution >= 0.6 is 0 Å². The summed E-state index contributed by atoms with van der Waals surface area (Å²) in [6.07, 6.45) is -0.100. The van der Waals surface area contributed by atoms with Crippen molar-refractivity contribution < 1.29 is 17.9 Å². The first-order valence-electron chi connectivity index (χ1n) is 6.82. The molecule has 2 unspecified atom stereocenters. The van der Waals surface area contributed by atoms with Gasteiger partial charge in [-0.3, -0.25) is 0 Å². The van der Waals surface area contributed by atoms with Crippen molar-refractivity contribution in [3.63, 3.8) is 0 Å². The molecule has 0 bridgehead atoms. The van der Waals surface area contributed by atoms with E-state index in [2.05, 4.69) is 5.32 Å². The van der Waals surface area contributed by atoms with Gasteiger partial charge in [-0.15, -0.1) is 0 Å². The third-order valence-corrected chi connectivity index (χ3v) is 5.09. The fraction of sp³-hybridized carbons (Fsp3) is 0.571. The first-order chi connectivity index (χ1) is 9.50. The Morgan fingerprint density at radius 3 is 2.75 bits per heavy atom. The van der Waals surface area contributed by atoms with Gasteiger partial charge in [-0.25, -0.2) is 8.42 Å². The largest absolute Gasteiger partial charge is 0.486 e. The summed E-state index contributed by atoms with van der Waals surface area (Å²) in [7, 11) is -2.95. The lowest BCUT2D eigenvalue weighted by Gasteiger charge is -2.27. The first-order valence-corrected chi connectivity index (χ1v) is 8.64. The molecule has 1 aromatic rings. The summed E-state index contributed by atoms with van der Waals surface area (Å²) in [5.41, 5.74) is 0. The molecule has 5 nitrogen and oxygen atoms in total. The third kappa shape index (κ3) is 4.11. The van der Waals surface area contributed by atoms with Crippen molar-refractivity contribution in [3.05, 3.63) is 24.3 Å². The van der Waals surface area contributed by atoms with Gasteiger partial charge >= 0.3 is 0 Å². The van der Waals surface area contributed by atoms with Crippen LogP contribution in [-0.4, -0.2) is 45.2 Å². The van der Waals surface area contributed by atoms with E-state index in [0.29, 0.717) is 13.2 Å². The van der Waals surface area contributed by atoms with Gasteiger partial charge in [0.05, 0.1) is 5.75 Å². The fourth-order valence-corrected chi connectivity index (χ4v) is 3.17. The Balaban J connectivity index is 1.81. The summed E-state index contributed by atoms with van der Waals surface area (Å²) in [5, 5.41) is 3.19. The number of fused-ring (bicyclic) bond motifs is 1. The van der Waals surface area contributed by atoms with Gasteiger partial charge < -0.3 is 14.8 Å². The molecule has 1 N–H and O–H groups in total. The van der Waals surface area contributed by atoms with Gasteiger partial charge in [-0.1, -0.05) is 19.1 Å². The second-order valence-electron chi connectivity index (χ2n) is 5.01. The Morgan fingerprint density at radius 1 is 1.35 bits per heavy atom. The minimum atomic E-state index is -2.95. The van der Waals surface area contributed by atoms with Crippen molar-refractivity contribution in [2.24, 2.45) is 0 Å². The van der Waals surface area contributed by atoms with Crippen LogP contribution in [0.5, 0.6) is 11.5 Å². The van der Waals surface area contributed by atoms with Gasteiger partial charge in [0.25, 0.3) is 0 Å². The maximum atomic E-state index is 11.5. The summed E-state index contributed by atoms with van der Waals surface area (Å²) in [6, 6.07) is 7.44. The molecular formula is C14H21NO4S. The molecule has 1 aromatic carbocycles. The highest BCUT2D eigenvalue weighted by Gasteiger charge is 2.21. The molecule has 1 aliphatic heterocycles. The molecule has 2 atom stereocenters. The van der Waals surface area contributed by atoms with E-state index < -0.39 is 9.84 Å². The number of ether oxygens (including phenoxy) is 2. The predicted octanol–water partition coefficient (Wildman–Crippen LogP) is 1.24. The predicted molar refractivity (Wildman–Crippen MR) is 78.1 cm³/mol. The van der Waals surface area contributed by atoms with Crippen molar-refractivity contribution >= 4 is 9.84 Å². The Labute approximate surface area is 120 Å². The standard InChI is InChI=1S/C14H21NO4S/c1-3-20(16,17)10-11(2)15-8-12-9-18-13-6-4-5-7-14(13)19-12/h4-7,11-12,15H,3,8-10H2,1-2H3. The smallest absolute Gasteiger partial charge is 0.161 e. The molecule has 6 heteroatoms. The van der Waals surface area contributed by atoms with Crippen molar-refractivity contribution in [2.75, 3.05) is 24.7 Å². The van der Waals surface area contributed by atoms with E-state index in [1.54, 1.807) is 6.92 Å². The number of sulfone groups is 1. The Hall–Kier alpha value is -1.27. The zero-order valence-corrected chi connectivity index (χ0v) is 12.7. The van der Waals surface area contributed by atoms with Crippen molar-refractivity contribution in [1.82, 2.24) is 5.32 Å². The fourth-order valence-electron chi connectivity index (χ4n) is 2.05. The van der Waals surface area contributed by atoms with E-state index in [4.69, 9.17) is 9.47 Å². The second-order valence-corrected chi connectivity index (χ2v) is 7.40. The van der Waals surface area contributed by atoms with Crippen LogP contribution in [0.3, 0.4) is 0 Å². The first kappa shape index (κ1) is 15.1. The maximum absolute atomic E-state index is 11.5. The van der Waals surface area contributed by atoms with Crippen LogP contribution in [0.15, 0.2) is 24.3 Å². The molecule has 20 heavy (non-hydrogen) atoms. The molecule has 0 saturated carbocycles. The SMILES string of the molecule is CCS(=O)(=O)CC(C)NCC1COc2ccccc2O1. The molecule has 1 aliphatic rings. The molecule has 0 radical (unpaired) electrons. The van der Waals surface area contributed by atoms with Gasteiger partial charge in [-0.2, -0.15) is 0 Å². The Bertz CT molecular complexity index is 544. The van der Waals surface area contributed by atoms with E-state index in [-0.39, 0.29) is 23.7 Å². The van der Waals surface area contributed by atoms with Crippen LogP contribution in [-0.2, 0) is 9.84 Å². The average molecular weight is 299 g/mol. The number of hydrogen-bond donors (Lipinski definition) is 1. The normalized spacial score (nSPS) is 19.6. The van der Waals surface area contributed by atoms with Gasteiger partial charge in [0.15, 0.2) is 21.3 Å². The second kappa shape index (κ2) is 6.45. The lowest BCUT2D eigenvalue weighted by Crippen LogP contribution is -2.43. The van der Waals surface area contributed by atoms with E-state index in [9.17, 15) is 8.42 Å². The number of benzene rings is 1. The van der Waals surface area contributed by atoms with E-state index >= 15 is 0 Å². The molecule has 0 aliphatic carbocycles. The molecule has 2 rings (SSSR count). The van der Waals surface area contributed by atoms with Crippen molar-refractivity contribution in [3.8, 4) is 11.5 Å². The number of rotatable bonds is 6. The van der Waals surface area contributed by atoms with Gasteiger partial charge in [0, 0.05) is 18.3 Å². The lowest BCUT2D eigenvalue weighted by atomic mass is 10.2. The molecule has 0 fully saturated rings. The van der Waals surface area contributed by atoms with Crippen molar-refractivity contribution in [1.29, 1.82) is 0 Å². The van der Waals surface area contributed by atoms with Crippen LogP contribution in [0, 0.1) is 0 Å². The Kier molecular flexibility index (Phi) is 4.88. The maximum Gasteiger partial charge on any atom is 0.161 e. The summed E-state index contributed by atoms with van der Waals surface area (Å²) in [6.45, 7) is 4.56. The molecule has 0 amide bonds. The molecule has 112 valence electrons. The average Bonchev–Trinajstić information content (AvgIpc) is 2.44. The van der Waals surface area contributed by atoms with Gasteiger partial charge in [0.2, 0.25) is 0 Å². The minimum Gasteiger partial charge on any atom is -0.486 e. The van der Waals surface area contributed by atoms with Crippen LogP contribution in [0.25, 0.3) is 0 Å².